The SMILES string of the molecule is CN1C(=O)N(CC(=O)OC2CCCCC2)C(=O)C12CCCCC2. The van der Waals surface area contributed by atoms with Crippen molar-refractivity contribution in [2.24, 2.45) is 0 Å². The molecule has 3 rings (SSSR count). The van der Waals surface area contributed by atoms with Crippen molar-refractivity contribution >= 4 is 17.9 Å². The van der Waals surface area contributed by atoms with Crippen LogP contribution in [-0.4, -0.2) is 52.9 Å². The van der Waals surface area contributed by atoms with Gasteiger partial charge in [0.1, 0.15) is 18.2 Å². The van der Waals surface area contributed by atoms with Gasteiger partial charge in [0.05, 0.1) is 0 Å². The fraction of sp³-hybridized carbons (Fsp3) is 0.824. The van der Waals surface area contributed by atoms with Crippen LogP contribution in [-0.2, 0) is 14.3 Å². The lowest BCUT2D eigenvalue weighted by atomic mass is 9.81. The fourth-order valence-corrected chi connectivity index (χ4v) is 4.21. The van der Waals surface area contributed by atoms with Crippen molar-refractivity contribution in [2.45, 2.75) is 75.9 Å². The summed E-state index contributed by atoms with van der Waals surface area (Å²) in [6, 6.07) is -0.363. The molecular weight excluding hydrogens is 296 g/mol. The second-order valence-electron chi connectivity index (χ2n) is 7.08. The molecule has 3 aliphatic rings. The number of hydrogen-bond donors (Lipinski definition) is 0. The lowest BCUT2D eigenvalue weighted by Crippen LogP contribution is -2.49. The lowest BCUT2D eigenvalue weighted by Gasteiger charge is -2.35. The van der Waals surface area contributed by atoms with E-state index in [-0.39, 0.29) is 24.6 Å². The van der Waals surface area contributed by atoms with Gasteiger partial charge >= 0.3 is 12.0 Å². The normalized spacial score (nSPS) is 25.3. The van der Waals surface area contributed by atoms with Gasteiger partial charge in [-0.25, -0.2) is 4.79 Å². The van der Waals surface area contributed by atoms with Gasteiger partial charge < -0.3 is 9.64 Å². The molecule has 0 N–H and O–H groups in total. The zero-order chi connectivity index (χ0) is 16.4. The van der Waals surface area contributed by atoms with E-state index in [0.717, 1.165) is 49.8 Å². The molecule has 0 radical (unpaired) electrons. The average Bonchev–Trinajstić information content (AvgIpc) is 2.73. The molecule has 1 saturated heterocycles. The second kappa shape index (κ2) is 6.49. The van der Waals surface area contributed by atoms with Crippen molar-refractivity contribution in [1.29, 1.82) is 0 Å². The van der Waals surface area contributed by atoms with Gasteiger partial charge in [0.15, 0.2) is 0 Å². The van der Waals surface area contributed by atoms with Crippen LogP contribution in [0.25, 0.3) is 0 Å². The number of imide groups is 1. The van der Waals surface area contributed by atoms with Crippen LogP contribution < -0.4 is 0 Å². The standard InChI is InChI=1S/C17H26N2O4/c1-18-16(22)19(15(21)17(18)10-6-3-7-11-17)12-14(20)23-13-8-4-2-5-9-13/h13H,2-12H2,1H3. The Balaban J connectivity index is 1.64. The Morgan fingerprint density at radius 1 is 1.09 bits per heavy atom. The zero-order valence-corrected chi connectivity index (χ0v) is 13.9. The van der Waals surface area contributed by atoms with Crippen molar-refractivity contribution in [1.82, 2.24) is 9.80 Å². The summed E-state index contributed by atoms with van der Waals surface area (Å²) in [6.07, 6.45) is 9.44. The van der Waals surface area contributed by atoms with E-state index in [1.54, 1.807) is 11.9 Å². The Kier molecular flexibility index (Phi) is 4.60. The van der Waals surface area contributed by atoms with E-state index in [2.05, 4.69) is 0 Å². The number of carbonyl (C=O) groups excluding carboxylic acids is 3. The third kappa shape index (κ3) is 2.95. The van der Waals surface area contributed by atoms with E-state index >= 15 is 0 Å². The summed E-state index contributed by atoms with van der Waals surface area (Å²) in [6.45, 7) is -0.250. The van der Waals surface area contributed by atoms with Gasteiger partial charge in [0.2, 0.25) is 0 Å². The molecule has 0 aromatic rings. The summed E-state index contributed by atoms with van der Waals surface area (Å²) in [5.74, 6) is -0.676. The van der Waals surface area contributed by atoms with Gasteiger partial charge in [-0.15, -0.1) is 0 Å². The monoisotopic (exact) mass is 322 g/mol. The van der Waals surface area contributed by atoms with Gasteiger partial charge in [-0.3, -0.25) is 14.5 Å². The molecule has 0 unspecified atom stereocenters. The fourth-order valence-electron chi connectivity index (χ4n) is 4.21. The molecule has 3 fully saturated rings. The van der Waals surface area contributed by atoms with Gasteiger partial charge in [-0.2, -0.15) is 0 Å². The Bertz CT molecular complexity index is 493. The Morgan fingerprint density at radius 2 is 1.70 bits per heavy atom. The van der Waals surface area contributed by atoms with Crippen molar-refractivity contribution < 1.29 is 19.1 Å². The quantitative estimate of drug-likeness (QED) is 0.591. The molecule has 2 saturated carbocycles. The molecule has 3 amide bonds. The molecule has 1 heterocycles. The Hall–Kier alpha value is -1.59. The first kappa shape index (κ1) is 16.3. The van der Waals surface area contributed by atoms with Crippen LogP contribution in [0, 0.1) is 0 Å². The molecular formula is C17H26N2O4. The number of esters is 1. The first-order valence-electron chi connectivity index (χ1n) is 8.84. The number of nitrogens with zero attached hydrogens (tertiary/aromatic N) is 2. The third-order valence-corrected chi connectivity index (χ3v) is 5.62. The van der Waals surface area contributed by atoms with Crippen LogP contribution in [0.4, 0.5) is 4.79 Å². The van der Waals surface area contributed by atoms with Gasteiger partial charge in [-0.1, -0.05) is 25.7 Å². The van der Waals surface area contributed by atoms with Crippen LogP contribution in [0.5, 0.6) is 0 Å². The number of carbonyl (C=O) groups is 3. The molecule has 0 atom stereocenters. The molecule has 2 aliphatic carbocycles. The van der Waals surface area contributed by atoms with Crippen LogP contribution in [0.3, 0.4) is 0 Å². The van der Waals surface area contributed by atoms with Crippen molar-refractivity contribution in [3.63, 3.8) is 0 Å². The molecule has 23 heavy (non-hydrogen) atoms. The van der Waals surface area contributed by atoms with E-state index in [0.29, 0.717) is 12.8 Å². The maximum absolute atomic E-state index is 12.8. The average molecular weight is 322 g/mol. The first-order chi connectivity index (χ1) is 11.0. The molecule has 6 nitrogen and oxygen atoms in total. The molecule has 1 aliphatic heterocycles. The first-order valence-corrected chi connectivity index (χ1v) is 8.84. The second-order valence-corrected chi connectivity index (χ2v) is 7.08. The van der Waals surface area contributed by atoms with Crippen LogP contribution in [0.2, 0.25) is 0 Å². The maximum atomic E-state index is 12.8. The number of ether oxygens (including phenoxy) is 1. The van der Waals surface area contributed by atoms with Gasteiger partial charge in [0.25, 0.3) is 5.91 Å². The van der Waals surface area contributed by atoms with Gasteiger partial charge in [0, 0.05) is 7.05 Å². The number of urea groups is 1. The summed E-state index contributed by atoms with van der Waals surface area (Å²) < 4.78 is 5.46. The lowest BCUT2D eigenvalue weighted by molar-refractivity contribution is -0.153. The largest absolute Gasteiger partial charge is 0.461 e. The number of amides is 3. The molecule has 0 aromatic carbocycles. The van der Waals surface area contributed by atoms with Crippen molar-refractivity contribution in [2.75, 3.05) is 13.6 Å². The number of rotatable bonds is 3. The highest BCUT2D eigenvalue weighted by atomic mass is 16.5. The summed E-state index contributed by atoms with van der Waals surface area (Å²) in [7, 11) is 1.68. The summed E-state index contributed by atoms with van der Waals surface area (Å²) >= 11 is 0. The Morgan fingerprint density at radius 3 is 2.35 bits per heavy atom. The van der Waals surface area contributed by atoms with Crippen molar-refractivity contribution in [3.05, 3.63) is 0 Å². The van der Waals surface area contributed by atoms with Crippen LogP contribution >= 0.6 is 0 Å². The number of hydrogen-bond acceptors (Lipinski definition) is 4. The maximum Gasteiger partial charge on any atom is 0.327 e. The highest BCUT2D eigenvalue weighted by Crippen LogP contribution is 2.39. The van der Waals surface area contributed by atoms with Gasteiger partial charge in [-0.05, 0) is 38.5 Å². The van der Waals surface area contributed by atoms with Crippen LogP contribution in [0.1, 0.15) is 64.2 Å². The molecule has 128 valence electrons. The van der Waals surface area contributed by atoms with E-state index in [4.69, 9.17) is 4.74 Å². The van der Waals surface area contributed by atoms with E-state index < -0.39 is 11.5 Å². The van der Waals surface area contributed by atoms with E-state index in [1.807, 2.05) is 0 Å². The molecule has 0 bridgehead atoms. The highest BCUT2D eigenvalue weighted by molar-refractivity contribution is 6.08. The zero-order valence-electron chi connectivity index (χ0n) is 13.9. The smallest absolute Gasteiger partial charge is 0.327 e. The minimum atomic E-state index is -0.722. The minimum Gasteiger partial charge on any atom is -0.461 e. The van der Waals surface area contributed by atoms with E-state index in [9.17, 15) is 14.4 Å². The predicted molar refractivity (Wildman–Crippen MR) is 83.7 cm³/mol. The molecule has 6 heteroatoms. The topological polar surface area (TPSA) is 66.9 Å². The summed E-state index contributed by atoms with van der Waals surface area (Å²) in [5.41, 5.74) is -0.722. The summed E-state index contributed by atoms with van der Waals surface area (Å²) in [5, 5.41) is 0. The van der Waals surface area contributed by atoms with E-state index in [1.165, 1.54) is 6.42 Å². The Labute approximate surface area is 137 Å². The third-order valence-electron chi connectivity index (χ3n) is 5.62. The van der Waals surface area contributed by atoms with Crippen LogP contribution in [0.15, 0.2) is 0 Å². The number of likely N-dealkylation sites (N-methyl/N-ethyl adjacent to an activating group) is 1. The molecule has 1 spiro atoms. The highest BCUT2D eigenvalue weighted by Gasteiger charge is 2.56. The predicted octanol–water partition coefficient (Wildman–Crippen LogP) is 2.46. The minimum absolute atomic E-state index is 0.0505. The summed E-state index contributed by atoms with van der Waals surface area (Å²) in [4.78, 5) is 40.0. The van der Waals surface area contributed by atoms with Crippen molar-refractivity contribution in [3.8, 4) is 0 Å². The molecule has 0 aromatic heterocycles.